The summed E-state index contributed by atoms with van der Waals surface area (Å²) in [5, 5.41) is 7.54. The van der Waals surface area contributed by atoms with Gasteiger partial charge in [0, 0.05) is 0 Å². The van der Waals surface area contributed by atoms with Crippen molar-refractivity contribution in [1.29, 1.82) is 0 Å². The molecule has 0 unspecified atom stereocenters. The van der Waals surface area contributed by atoms with E-state index in [2.05, 4.69) is 15.2 Å². The number of hydrogen-bond acceptors (Lipinski definition) is 4. The van der Waals surface area contributed by atoms with Crippen LogP contribution in [0.1, 0.15) is 5.56 Å². The lowest BCUT2D eigenvalue weighted by Crippen LogP contribution is -1.97. The molecule has 0 spiro atoms. The number of nitrogen functional groups attached to an aromatic ring is 1. The molecule has 0 amide bonds. The van der Waals surface area contributed by atoms with Gasteiger partial charge in [-0.1, -0.05) is 6.07 Å². The lowest BCUT2D eigenvalue weighted by Gasteiger charge is -1.96. The predicted octanol–water partition coefficient (Wildman–Crippen LogP) is 0.915. The molecule has 0 bridgehead atoms. The molecule has 0 fully saturated rings. The predicted molar refractivity (Wildman–Crippen MR) is 46.5 cm³/mol. The van der Waals surface area contributed by atoms with Gasteiger partial charge in [0.05, 0.1) is 5.52 Å². The zero-order valence-corrected chi connectivity index (χ0v) is 6.65. The molecule has 0 saturated heterocycles. The molecular formula is C8H8N4. The van der Waals surface area contributed by atoms with Crippen LogP contribution in [0.2, 0.25) is 0 Å². The Kier molecular flexibility index (Phi) is 1.40. The fraction of sp³-hybridized carbons (Fsp3) is 0.125. The van der Waals surface area contributed by atoms with E-state index in [0.717, 1.165) is 16.6 Å². The molecule has 60 valence electrons. The Morgan fingerprint density at radius 1 is 1.17 bits per heavy atom. The molecule has 12 heavy (non-hydrogen) atoms. The van der Waals surface area contributed by atoms with Crippen molar-refractivity contribution in [2.75, 3.05) is 5.73 Å². The highest BCUT2D eigenvalue weighted by Gasteiger charge is 1.97. The van der Waals surface area contributed by atoms with Crippen LogP contribution in [0, 0.1) is 6.92 Å². The molecule has 0 aliphatic rings. The molecule has 1 heterocycles. The molecule has 1 aromatic carbocycles. The Morgan fingerprint density at radius 3 is 2.83 bits per heavy atom. The number of benzene rings is 1. The molecule has 0 saturated carbocycles. The van der Waals surface area contributed by atoms with Crippen LogP contribution in [0.15, 0.2) is 18.2 Å². The summed E-state index contributed by atoms with van der Waals surface area (Å²) in [5.41, 5.74) is 8.10. The van der Waals surface area contributed by atoms with Gasteiger partial charge < -0.3 is 5.73 Å². The highest BCUT2D eigenvalue weighted by molar-refractivity contribution is 5.74. The van der Waals surface area contributed by atoms with E-state index in [1.165, 1.54) is 0 Å². The van der Waals surface area contributed by atoms with Crippen molar-refractivity contribution < 1.29 is 0 Å². The van der Waals surface area contributed by atoms with E-state index in [1.54, 1.807) is 0 Å². The van der Waals surface area contributed by atoms with Gasteiger partial charge in [0.2, 0.25) is 5.95 Å². The van der Waals surface area contributed by atoms with E-state index in [9.17, 15) is 0 Å². The standard InChI is InChI=1S/C8H8N4/c1-5-2-3-6-7(4-5)10-8(9)12-11-6/h2-4H,1H3,(H2,9,10,12). The summed E-state index contributed by atoms with van der Waals surface area (Å²) in [4.78, 5) is 4.04. The van der Waals surface area contributed by atoms with Crippen LogP contribution in [-0.2, 0) is 0 Å². The summed E-state index contributed by atoms with van der Waals surface area (Å²) in [6.45, 7) is 2.00. The van der Waals surface area contributed by atoms with E-state index in [0.29, 0.717) is 0 Å². The first kappa shape index (κ1) is 6.97. The molecule has 0 aliphatic heterocycles. The Bertz CT molecular complexity index is 388. The highest BCUT2D eigenvalue weighted by Crippen LogP contribution is 2.10. The van der Waals surface area contributed by atoms with Crippen molar-refractivity contribution in [2.45, 2.75) is 6.92 Å². The van der Waals surface area contributed by atoms with Gasteiger partial charge in [0.1, 0.15) is 5.52 Å². The van der Waals surface area contributed by atoms with Crippen molar-refractivity contribution in [2.24, 2.45) is 0 Å². The van der Waals surface area contributed by atoms with Gasteiger partial charge in [-0.05, 0) is 24.6 Å². The van der Waals surface area contributed by atoms with Gasteiger partial charge in [-0.2, -0.15) is 0 Å². The first-order valence-corrected chi connectivity index (χ1v) is 3.62. The second-order valence-corrected chi connectivity index (χ2v) is 2.66. The second-order valence-electron chi connectivity index (χ2n) is 2.66. The maximum absolute atomic E-state index is 5.39. The van der Waals surface area contributed by atoms with Crippen molar-refractivity contribution in [3.05, 3.63) is 23.8 Å². The highest BCUT2D eigenvalue weighted by atomic mass is 15.2. The fourth-order valence-electron chi connectivity index (χ4n) is 1.06. The minimum Gasteiger partial charge on any atom is -0.366 e. The van der Waals surface area contributed by atoms with Gasteiger partial charge in [-0.25, -0.2) is 4.98 Å². The van der Waals surface area contributed by atoms with Crippen molar-refractivity contribution in [3.63, 3.8) is 0 Å². The number of anilines is 1. The van der Waals surface area contributed by atoms with Crippen molar-refractivity contribution >= 4 is 17.0 Å². The SMILES string of the molecule is Cc1ccc2nnc(N)nc2c1. The van der Waals surface area contributed by atoms with Crippen LogP contribution < -0.4 is 5.73 Å². The number of aryl methyl sites for hydroxylation is 1. The van der Waals surface area contributed by atoms with E-state index >= 15 is 0 Å². The van der Waals surface area contributed by atoms with E-state index in [4.69, 9.17) is 5.73 Å². The normalized spacial score (nSPS) is 10.4. The Labute approximate surface area is 69.4 Å². The van der Waals surface area contributed by atoms with Gasteiger partial charge in [-0.3, -0.25) is 0 Å². The molecular weight excluding hydrogens is 152 g/mol. The molecule has 1 aromatic heterocycles. The number of rotatable bonds is 0. The molecule has 0 aliphatic carbocycles. The third-order valence-electron chi connectivity index (χ3n) is 1.63. The van der Waals surface area contributed by atoms with E-state index < -0.39 is 0 Å². The smallest absolute Gasteiger partial charge is 0.240 e. The zero-order valence-electron chi connectivity index (χ0n) is 6.65. The third-order valence-corrected chi connectivity index (χ3v) is 1.63. The zero-order chi connectivity index (χ0) is 8.55. The van der Waals surface area contributed by atoms with Crippen LogP contribution in [0.25, 0.3) is 11.0 Å². The summed E-state index contributed by atoms with van der Waals surface area (Å²) in [6, 6.07) is 5.78. The number of aromatic nitrogens is 3. The van der Waals surface area contributed by atoms with Crippen LogP contribution in [0.3, 0.4) is 0 Å². The quantitative estimate of drug-likeness (QED) is 0.622. The van der Waals surface area contributed by atoms with Gasteiger partial charge in [0.15, 0.2) is 0 Å². The molecule has 2 N–H and O–H groups in total. The number of fused-ring (bicyclic) bond motifs is 1. The van der Waals surface area contributed by atoms with E-state index in [1.807, 2.05) is 25.1 Å². The summed E-state index contributed by atoms with van der Waals surface area (Å²) >= 11 is 0. The largest absolute Gasteiger partial charge is 0.366 e. The summed E-state index contributed by atoms with van der Waals surface area (Å²) < 4.78 is 0. The Morgan fingerprint density at radius 2 is 2.00 bits per heavy atom. The van der Waals surface area contributed by atoms with Gasteiger partial charge in [0.25, 0.3) is 0 Å². The monoisotopic (exact) mass is 160 g/mol. The molecule has 0 radical (unpaired) electrons. The third kappa shape index (κ3) is 1.07. The number of hydrogen-bond donors (Lipinski definition) is 1. The van der Waals surface area contributed by atoms with Gasteiger partial charge in [-0.15, -0.1) is 10.2 Å². The van der Waals surface area contributed by atoms with Crippen molar-refractivity contribution in [3.8, 4) is 0 Å². The average Bonchev–Trinajstić information content (AvgIpc) is 2.03. The Balaban J connectivity index is 2.80. The first-order chi connectivity index (χ1) is 5.75. The van der Waals surface area contributed by atoms with Crippen LogP contribution in [0.4, 0.5) is 5.95 Å². The van der Waals surface area contributed by atoms with Gasteiger partial charge >= 0.3 is 0 Å². The summed E-state index contributed by atoms with van der Waals surface area (Å²) in [7, 11) is 0. The lowest BCUT2D eigenvalue weighted by atomic mass is 10.2. The minimum absolute atomic E-state index is 0.216. The molecule has 4 nitrogen and oxygen atoms in total. The van der Waals surface area contributed by atoms with Crippen LogP contribution in [0.5, 0.6) is 0 Å². The minimum atomic E-state index is 0.216. The first-order valence-electron chi connectivity index (χ1n) is 3.62. The molecule has 0 atom stereocenters. The Hall–Kier alpha value is -1.71. The van der Waals surface area contributed by atoms with E-state index in [-0.39, 0.29) is 5.95 Å². The summed E-state index contributed by atoms with van der Waals surface area (Å²) in [6.07, 6.45) is 0. The number of nitrogens with zero attached hydrogens (tertiary/aromatic N) is 3. The summed E-state index contributed by atoms with van der Waals surface area (Å²) in [5.74, 6) is 0.216. The van der Waals surface area contributed by atoms with Crippen LogP contribution in [-0.4, -0.2) is 15.2 Å². The maximum Gasteiger partial charge on any atom is 0.240 e. The number of nitrogens with two attached hydrogens (primary N) is 1. The molecule has 2 aromatic rings. The lowest BCUT2D eigenvalue weighted by molar-refractivity contribution is 1.04. The average molecular weight is 160 g/mol. The molecule has 4 heteroatoms. The fourth-order valence-corrected chi connectivity index (χ4v) is 1.06. The molecule has 2 rings (SSSR count). The maximum atomic E-state index is 5.39. The topological polar surface area (TPSA) is 64.7 Å². The van der Waals surface area contributed by atoms with Crippen molar-refractivity contribution in [1.82, 2.24) is 15.2 Å². The van der Waals surface area contributed by atoms with Crippen LogP contribution >= 0.6 is 0 Å². The second kappa shape index (κ2) is 2.41.